The fraction of sp³-hybridized carbons (Fsp3) is 0.526. The molecule has 1 saturated heterocycles. The van der Waals surface area contributed by atoms with E-state index in [1.165, 1.54) is 0 Å². The maximum Gasteiger partial charge on any atom is 0.210 e. The van der Waals surface area contributed by atoms with Gasteiger partial charge < -0.3 is 25.0 Å². The van der Waals surface area contributed by atoms with Gasteiger partial charge >= 0.3 is 0 Å². The number of nitrogens with one attached hydrogen (secondary N) is 1. The molecule has 0 unspecified atom stereocenters. The van der Waals surface area contributed by atoms with Gasteiger partial charge in [0.05, 0.1) is 17.7 Å². The number of aliphatic hydroxyl groups excluding tert-OH is 1. The predicted molar refractivity (Wildman–Crippen MR) is 99.9 cm³/mol. The fourth-order valence-electron chi connectivity index (χ4n) is 3.42. The summed E-state index contributed by atoms with van der Waals surface area (Å²) in [5.74, 6) is 1.04. The molecule has 27 heavy (non-hydrogen) atoms. The van der Waals surface area contributed by atoms with Gasteiger partial charge in [-0.2, -0.15) is 10.5 Å². The number of aliphatic hydroxyl groups is 1. The highest BCUT2D eigenvalue weighted by Crippen LogP contribution is 2.40. The minimum absolute atomic E-state index is 0.431. The molecule has 1 aromatic carbocycles. The summed E-state index contributed by atoms with van der Waals surface area (Å²) in [4.78, 5) is 8.18. The first kappa shape index (κ1) is 19.0. The van der Waals surface area contributed by atoms with Gasteiger partial charge in [0.15, 0.2) is 0 Å². The Bertz CT molecular complexity index is 814. The van der Waals surface area contributed by atoms with Gasteiger partial charge in [-0.3, -0.25) is 0 Å². The van der Waals surface area contributed by atoms with Crippen LogP contribution in [0.25, 0.3) is 0 Å². The van der Waals surface area contributed by atoms with Gasteiger partial charge in [0.25, 0.3) is 0 Å². The lowest BCUT2D eigenvalue weighted by molar-refractivity contribution is -0.0616. The van der Waals surface area contributed by atoms with Crippen LogP contribution < -0.4 is 10.1 Å². The van der Waals surface area contributed by atoms with Crippen molar-refractivity contribution in [2.75, 3.05) is 33.2 Å². The van der Waals surface area contributed by atoms with Crippen LogP contribution in [0, 0.1) is 22.8 Å². The van der Waals surface area contributed by atoms with Crippen molar-refractivity contribution in [3.05, 3.63) is 29.3 Å². The Morgan fingerprint density at radius 1 is 1.30 bits per heavy atom. The average Bonchev–Trinajstić information content (AvgIpc) is 2.65. The van der Waals surface area contributed by atoms with Gasteiger partial charge in [0.2, 0.25) is 12.2 Å². The molecule has 0 bridgehead atoms. The third-order valence-electron chi connectivity index (χ3n) is 5.12. The Labute approximate surface area is 159 Å². The van der Waals surface area contributed by atoms with E-state index in [0.717, 1.165) is 26.2 Å². The van der Waals surface area contributed by atoms with Gasteiger partial charge in [-0.25, -0.2) is 0 Å². The summed E-state index contributed by atoms with van der Waals surface area (Å²) < 4.78 is 5.94. The summed E-state index contributed by atoms with van der Waals surface area (Å²) in [6.07, 6.45) is 0.960. The third-order valence-corrected chi connectivity index (χ3v) is 5.12. The SMILES string of the molecule is CN1CCN(/C(=N\C#N)N[C@H]2c3cc(C#N)ccc3OC(C)(C)[C@@H]2O)CC1. The van der Waals surface area contributed by atoms with E-state index in [0.29, 0.717) is 22.8 Å². The van der Waals surface area contributed by atoms with Gasteiger partial charge in [-0.15, -0.1) is 4.99 Å². The highest BCUT2D eigenvalue weighted by Gasteiger charge is 2.44. The number of fused-ring (bicyclic) bond motifs is 1. The molecule has 1 fully saturated rings. The predicted octanol–water partition coefficient (Wildman–Crippen LogP) is 0.805. The molecule has 2 atom stereocenters. The Kier molecular flexibility index (Phi) is 5.22. The van der Waals surface area contributed by atoms with Crippen molar-refractivity contribution < 1.29 is 9.84 Å². The fourth-order valence-corrected chi connectivity index (χ4v) is 3.42. The number of nitrogens with zero attached hydrogens (tertiary/aromatic N) is 5. The lowest BCUT2D eigenvalue weighted by Crippen LogP contribution is -2.57. The number of hydrogen-bond donors (Lipinski definition) is 2. The number of likely N-dealkylation sites (N-methyl/N-ethyl adjacent to an activating group) is 1. The standard InChI is InChI=1S/C19H24N6O2/c1-19(2)17(26)16(14-10-13(11-20)4-5-15(14)27-19)23-18(22-12-21)25-8-6-24(3)7-9-25/h4-5,10,16-17,26H,6-9H2,1-3H3,(H,22,23)/t16-,17+/m0/s1. The summed E-state index contributed by atoms with van der Waals surface area (Å²) in [5, 5.41) is 32.6. The summed E-state index contributed by atoms with van der Waals surface area (Å²) >= 11 is 0. The molecule has 0 aliphatic carbocycles. The lowest BCUT2D eigenvalue weighted by Gasteiger charge is -2.44. The smallest absolute Gasteiger partial charge is 0.210 e. The van der Waals surface area contributed by atoms with E-state index >= 15 is 0 Å². The van der Waals surface area contributed by atoms with Gasteiger partial charge in [-0.05, 0) is 39.1 Å². The van der Waals surface area contributed by atoms with Crippen LogP contribution in [-0.4, -0.2) is 65.8 Å². The lowest BCUT2D eigenvalue weighted by atomic mass is 9.86. The molecule has 2 aliphatic heterocycles. The van der Waals surface area contributed by atoms with Crippen molar-refractivity contribution in [3.63, 3.8) is 0 Å². The summed E-state index contributed by atoms with van der Waals surface area (Å²) in [7, 11) is 2.05. The van der Waals surface area contributed by atoms with E-state index in [-0.39, 0.29) is 0 Å². The van der Waals surface area contributed by atoms with Crippen LogP contribution in [0.3, 0.4) is 0 Å². The highest BCUT2D eigenvalue weighted by molar-refractivity contribution is 5.81. The van der Waals surface area contributed by atoms with E-state index in [9.17, 15) is 10.4 Å². The number of hydrogen-bond acceptors (Lipinski definition) is 6. The summed E-state index contributed by atoms with van der Waals surface area (Å²) in [6.45, 7) is 6.82. The minimum atomic E-state index is -0.893. The van der Waals surface area contributed by atoms with Crippen LogP contribution in [0.1, 0.15) is 31.0 Å². The molecule has 8 nitrogen and oxygen atoms in total. The van der Waals surface area contributed by atoms with Crippen LogP contribution in [0.4, 0.5) is 0 Å². The van der Waals surface area contributed by atoms with Crippen molar-refractivity contribution in [1.29, 1.82) is 10.5 Å². The number of benzene rings is 1. The van der Waals surface area contributed by atoms with Crippen molar-refractivity contribution in [3.8, 4) is 18.0 Å². The molecule has 0 aromatic heterocycles. The summed E-state index contributed by atoms with van der Waals surface area (Å²) in [5.41, 5.74) is 0.327. The molecule has 8 heteroatoms. The molecule has 142 valence electrons. The molecular weight excluding hydrogens is 344 g/mol. The van der Waals surface area contributed by atoms with Crippen molar-refractivity contribution in [2.45, 2.75) is 31.6 Å². The van der Waals surface area contributed by atoms with Gasteiger partial charge in [0, 0.05) is 31.7 Å². The highest BCUT2D eigenvalue weighted by atomic mass is 16.5. The summed E-state index contributed by atoms with van der Waals surface area (Å²) in [6, 6.07) is 6.70. The number of guanidine groups is 1. The van der Waals surface area contributed by atoms with Crippen LogP contribution in [0.15, 0.2) is 23.2 Å². The molecule has 0 saturated carbocycles. The first-order chi connectivity index (χ1) is 12.9. The Morgan fingerprint density at radius 2 is 2.00 bits per heavy atom. The Hall–Kier alpha value is -2.81. The van der Waals surface area contributed by atoms with Crippen LogP contribution in [0.2, 0.25) is 0 Å². The number of ether oxygens (including phenoxy) is 1. The van der Waals surface area contributed by atoms with Crippen LogP contribution in [-0.2, 0) is 0 Å². The quantitative estimate of drug-likeness (QED) is 0.429. The topological polar surface area (TPSA) is 108 Å². The van der Waals surface area contributed by atoms with E-state index < -0.39 is 17.7 Å². The molecule has 2 aliphatic rings. The zero-order chi connectivity index (χ0) is 19.6. The first-order valence-electron chi connectivity index (χ1n) is 8.93. The molecule has 2 heterocycles. The monoisotopic (exact) mass is 368 g/mol. The second kappa shape index (κ2) is 7.43. The van der Waals surface area contributed by atoms with Crippen LogP contribution >= 0.6 is 0 Å². The third kappa shape index (κ3) is 3.82. The molecule has 2 N–H and O–H groups in total. The van der Waals surface area contributed by atoms with Crippen molar-refractivity contribution in [2.24, 2.45) is 4.99 Å². The molecule has 0 spiro atoms. The van der Waals surface area contributed by atoms with Gasteiger partial charge in [-0.1, -0.05) is 0 Å². The van der Waals surface area contributed by atoms with E-state index in [2.05, 4.69) is 28.3 Å². The average molecular weight is 368 g/mol. The Balaban J connectivity index is 1.95. The molecule has 0 radical (unpaired) electrons. The van der Waals surface area contributed by atoms with Crippen molar-refractivity contribution >= 4 is 5.96 Å². The zero-order valence-corrected chi connectivity index (χ0v) is 15.8. The molecule has 1 aromatic rings. The van der Waals surface area contributed by atoms with Gasteiger partial charge in [0.1, 0.15) is 17.5 Å². The van der Waals surface area contributed by atoms with E-state index in [4.69, 9.17) is 10.00 Å². The number of aliphatic imine (C=N–C) groups is 1. The second-order valence-corrected chi connectivity index (χ2v) is 7.46. The number of nitriles is 2. The maximum atomic E-state index is 10.9. The molecule has 3 rings (SSSR count). The number of piperazine rings is 1. The normalized spacial score (nSPS) is 25.0. The van der Waals surface area contributed by atoms with E-state index in [1.54, 1.807) is 18.2 Å². The van der Waals surface area contributed by atoms with Crippen LogP contribution in [0.5, 0.6) is 5.75 Å². The minimum Gasteiger partial charge on any atom is -0.485 e. The number of rotatable bonds is 1. The molecule has 0 amide bonds. The van der Waals surface area contributed by atoms with Crippen molar-refractivity contribution in [1.82, 2.24) is 15.1 Å². The second-order valence-electron chi connectivity index (χ2n) is 7.46. The van der Waals surface area contributed by atoms with E-state index in [1.807, 2.05) is 24.9 Å². The maximum absolute atomic E-state index is 10.9. The largest absolute Gasteiger partial charge is 0.485 e. The zero-order valence-electron chi connectivity index (χ0n) is 15.8. The first-order valence-corrected chi connectivity index (χ1v) is 8.93. The molecular formula is C19H24N6O2. The Morgan fingerprint density at radius 3 is 2.63 bits per heavy atom.